The summed E-state index contributed by atoms with van der Waals surface area (Å²) in [6, 6.07) is 16.8. The predicted molar refractivity (Wildman–Crippen MR) is 89.4 cm³/mol. The van der Waals surface area contributed by atoms with Crippen LogP contribution in [0.1, 0.15) is 24.9 Å². The molecule has 0 amide bonds. The Kier molecular flexibility index (Phi) is 5.23. The average molecular weight is 284 g/mol. The van der Waals surface area contributed by atoms with Crippen LogP contribution in [0.4, 0.5) is 5.69 Å². The summed E-state index contributed by atoms with van der Waals surface area (Å²) in [5.41, 5.74) is 2.42. The second-order valence-corrected chi connectivity index (χ2v) is 5.31. The van der Waals surface area contributed by atoms with Crippen LogP contribution in [0, 0.1) is 0 Å². The summed E-state index contributed by atoms with van der Waals surface area (Å²) in [4.78, 5) is 2.06. The van der Waals surface area contributed by atoms with Crippen LogP contribution >= 0.6 is 0 Å². The number of hydrogen-bond donors (Lipinski definition) is 1. The zero-order chi connectivity index (χ0) is 15.2. The summed E-state index contributed by atoms with van der Waals surface area (Å²) in [6.07, 6.45) is 1.07. The maximum atomic E-state index is 5.92. The summed E-state index contributed by atoms with van der Waals surface area (Å²) in [5, 5.41) is 3.31. The summed E-state index contributed by atoms with van der Waals surface area (Å²) >= 11 is 0. The Bertz CT molecular complexity index is 560. The average Bonchev–Trinajstić information content (AvgIpc) is 2.50. The highest BCUT2D eigenvalue weighted by Crippen LogP contribution is 2.26. The molecule has 2 rings (SSSR count). The lowest BCUT2D eigenvalue weighted by Crippen LogP contribution is -2.14. The van der Waals surface area contributed by atoms with E-state index >= 15 is 0 Å². The van der Waals surface area contributed by atoms with Crippen molar-refractivity contribution < 1.29 is 4.74 Å². The van der Waals surface area contributed by atoms with Gasteiger partial charge in [-0.2, -0.15) is 0 Å². The number of benzene rings is 2. The lowest BCUT2D eigenvalue weighted by molar-refractivity contribution is 0.481. The van der Waals surface area contributed by atoms with E-state index in [0.717, 1.165) is 23.6 Å². The van der Waals surface area contributed by atoms with Crippen LogP contribution in [0.5, 0.6) is 11.5 Å². The van der Waals surface area contributed by atoms with Gasteiger partial charge in [0, 0.05) is 31.9 Å². The van der Waals surface area contributed by atoms with E-state index in [1.807, 2.05) is 51.5 Å². The molecule has 2 aromatic carbocycles. The van der Waals surface area contributed by atoms with Crippen LogP contribution in [0.25, 0.3) is 0 Å². The van der Waals surface area contributed by atoms with Crippen molar-refractivity contribution in [2.75, 3.05) is 26.0 Å². The van der Waals surface area contributed by atoms with Gasteiger partial charge in [0.25, 0.3) is 0 Å². The second kappa shape index (κ2) is 7.14. The molecular weight excluding hydrogens is 260 g/mol. The maximum absolute atomic E-state index is 5.92. The molecule has 0 saturated carbocycles. The first kappa shape index (κ1) is 15.4. The largest absolute Gasteiger partial charge is 0.457 e. The second-order valence-electron chi connectivity index (χ2n) is 5.31. The minimum Gasteiger partial charge on any atom is -0.457 e. The van der Waals surface area contributed by atoms with Crippen LogP contribution in [0.15, 0.2) is 48.5 Å². The van der Waals surface area contributed by atoms with Crippen molar-refractivity contribution in [3.63, 3.8) is 0 Å². The van der Waals surface area contributed by atoms with Crippen LogP contribution in [-0.4, -0.2) is 21.1 Å². The van der Waals surface area contributed by atoms with Crippen LogP contribution in [0.2, 0.25) is 0 Å². The lowest BCUT2D eigenvalue weighted by Gasteiger charge is -2.16. The molecule has 0 fully saturated rings. The van der Waals surface area contributed by atoms with Crippen molar-refractivity contribution in [1.82, 2.24) is 5.32 Å². The van der Waals surface area contributed by atoms with Crippen molar-refractivity contribution in [2.45, 2.75) is 19.4 Å². The molecule has 1 atom stereocenters. The topological polar surface area (TPSA) is 24.5 Å². The van der Waals surface area contributed by atoms with Gasteiger partial charge in [-0.05, 0) is 43.3 Å². The molecule has 0 bridgehead atoms. The Morgan fingerprint density at radius 3 is 2.33 bits per heavy atom. The Morgan fingerprint density at radius 1 is 1.05 bits per heavy atom. The van der Waals surface area contributed by atoms with Crippen molar-refractivity contribution in [1.29, 1.82) is 0 Å². The fourth-order valence-corrected chi connectivity index (χ4v) is 2.34. The first-order valence-electron chi connectivity index (χ1n) is 7.36. The molecule has 0 aliphatic heterocycles. The highest BCUT2D eigenvalue weighted by atomic mass is 16.5. The monoisotopic (exact) mass is 284 g/mol. The predicted octanol–water partition coefficient (Wildman–Crippen LogP) is 4.22. The van der Waals surface area contributed by atoms with E-state index < -0.39 is 0 Å². The molecule has 0 radical (unpaired) electrons. The van der Waals surface area contributed by atoms with Crippen molar-refractivity contribution in [2.24, 2.45) is 0 Å². The lowest BCUT2D eigenvalue weighted by atomic mass is 10.0. The van der Waals surface area contributed by atoms with E-state index in [1.165, 1.54) is 5.56 Å². The zero-order valence-corrected chi connectivity index (χ0v) is 13.3. The standard InChI is InChI=1S/C18H24N2O/c1-5-18(19-2)14-9-11-16(12-10-14)21-17-8-6-7-15(13-17)20(3)4/h6-13,18-19H,5H2,1-4H3. The maximum Gasteiger partial charge on any atom is 0.129 e. The number of ether oxygens (including phenoxy) is 1. The summed E-state index contributed by atoms with van der Waals surface area (Å²) in [7, 11) is 6.04. The molecule has 3 heteroatoms. The van der Waals surface area contributed by atoms with Gasteiger partial charge in [-0.3, -0.25) is 0 Å². The fraction of sp³-hybridized carbons (Fsp3) is 0.333. The quantitative estimate of drug-likeness (QED) is 0.859. The third kappa shape index (κ3) is 3.99. The van der Waals surface area contributed by atoms with Gasteiger partial charge in [0.15, 0.2) is 0 Å². The minimum absolute atomic E-state index is 0.399. The molecule has 0 aliphatic rings. The van der Waals surface area contributed by atoms with Crippen molar-refractivity contribution >= 4 is 5.69 Å². The molecule has 2 aromatic rings. The number of hydrogen-bond acceptors (Lipinski definition) is 3. The first-order chi connectivity index (χ1) is 10.1. The fourth-order valence-electron chi connectivity index (χ4n) is 2.34. The Labute approximate surface area is 127 Å². The summed E-state index contributed by atoms with van der Waals surface area (Å²) in [6.45, 7) is 2.18. The molecule has 0 aliphatic carbocycles. The number of nitrogens with zero attached hydrogens (tertiary/aromatic N) is 1. The van der Waals surface area contributed by atoms with Gasteiger partial charge in [-0.1, -0.05) is 25.1 Å². The van der Waals surface area contributed by atoms with Crippen LogP contribution in [-0.2, 0) is 0 Å². The van der Waals surface area contributed by atoms with Crippen molar-refractivity contribution in [3.8, 4) is 11.5 Å². The van der Waals surface area contributed by atoms with E-state index in [1.54, 1.807) is 0 Å². The highest BCUT2D eigenvalue weighted by Gasteiger charge is 2.06. The SMILES string of the molecule is CCC(NC)c1ccc(Oc2cccc(N(C)C)c2)cc1. The van der Waals surface area contributed by atoms with Gasteiger partial charge in [0.1, 0.15) is 11.5 Å². The highest BCUT2D eigenvalue weighted by molar-refractivity contribution is 5.50. The van der Waals surface area contributed by atoms with Crippen LogP contribution in [0.3, 0.4) is 0 Å². The van der Waals surface area contributed by atoms with Gasteiger partial charge < -0.3 is 15.0 Å². The van der Waals surface area contributed by atoms with E-state index in [4.69, 9.17) is 4.74 Å². The molecule has 1 N–H and O–H groups in total. The van der Waals surface area contributed by atoms with E-state index in [0.29, 0.717) is 6.04 Å². The van der Waals surface area contributed by atoms with Gasteiger partial charge in [0.2, 0.25) is 0 Å². The van der Waals surface area contributed by atoms with E-state index in [2.05, 4.69) is 35.3 Å². The van der Waals surface area contributed by atoms with Crippen LogP contribution < -0.4 is 15.0 Å². The Morgan fingerprint density at radius 2 is 1.76 bits per heavy atom. The van der Waals surface area contributed by atoms with Gasteiger partial charge in [0.05, 0.1) is 0 Å². The molecule has 3 nitrogen and oxygen atoms in total. The first-order valence-corrected chi connectivity index (χ1v) is 7.36. The molecule has 0 heterocycles. The molecule has 1 unspecified atom stereocenters. The molecule has 0 spiro atoms. The minimum atomic E-state index is 0.399. The normalized spacial score (nSPS) is 12.0. The zero-order valence-electron chi connectivity index (χ0n) is 13.3. The Hall–Kier alpha value is -2.00. The third-order valence-corrected chi connectivity index (χ3v) is 3.61. The van der Waals surface area contributed by atoms with Gasteiger partial charge in [-0.15, -0.1) is 0 Å². The van der Waals surface area contributed by atoms with Crippen molar-refractivity contribution in [3.05, 3.63) is 54.1 Å². The number of anilines is 1. The summed E-state index contributed by atoms with van der Waals surface area (Å²) in [5.74, 6) is 1.72. The Balaban J connectivity index is 2.11. The van der Waals surface area contributed by atoms with Gasteiger partial charge >= 0.3 is 0 Å². The number of rotatable bonds is 6. The molecule has 0 saturated heterocycles. The molecule has 112 valence electrons. The molecular formula is C18H24N2O. The summed E-state index contributed by atoms with van der Waals surface area (Å²) < 4.78 is 5.92. The molecule has 0 aromatic heterocycles. The van der Waals surface area contributed by atoms with E-state index in [9.17, 15) is 0 Å². The number of nitrogens with one attached hydrogen (secondary N) is 1. The molecule has 21 heavy (non-hydrogen) atoms. The van der Waals surface area contributed by atoms with Gasteiger partial charge in [-0.25, -0.2) is 0 Å². The third-order valence-electron chi connectivity index (χ3n) is 3.61. The smallest absolute Gasteiger partial charge is 0.129 e. The van der Waals surface area contributed by atoms with E-state index in [-0.39, 0.29) is 0 Å².